The molecule has 0 fully saturated rings. The first-order chi connectivity index (χ1) is 4.74. The molecule has 0 aromatic heterocycles. The second-order valence-corrected chi connectivity index (χ2v) is 3.12. The van der Waals surface area contributed by atoms with Crippen LogP contribution in [0.5, 0.6) is 0 Å². The molecular formula is C6H13AgO3. The van der Waals surface area contributed by atoms with E-state index in [1.54, 1.807) is 0 Å². The quantitative estimate of drug-likeness (QED) is 0.558. The molecule has 0 saturated carbocycles. The normalized spacial score (nSPS) is 12.1. The van der Waals surface area contributed by atoms with Crippen LogP contribution in [-0.4, -0.2) is 35.1 Å². The second-order valence-electron chi connectivity index (χ2n) is 2.38. The molecule has 0 bridgehead atoms. The van der Waals surface area contributed by atoms with Gasteiger partial charge >= 0.3 is 72.7 Å². The zero-order chi connectivity index (χ0) is 8.04. The van der Waals surface area contributed by atoms with Gasteiger partial charge in [-0.3, -0.25) is 0 Å². The van der Waals surface area contributed by atoms with Crippen molar-refractivity contribution in [2.75, 3.05) is 19.8 Å². The summed E-state index contributed by atoms with van der Waals surface area (Å²) in [5, 5.41) is 26.3. The molecule has 0 unspecified atom stereocenters. The van der Waals surface area contributed by atoms with Gasteiger partial charge in [-0.2, -0.15) is 0 Å². The maximum atomic E-state index is 8.77. The molecule has 0 aromatic rings. The van der Waals surface area contributed by atoms with Crippen molar-refractivity contribution in [3.05, 3.63) is 0 Å². The third kappa shape index (κ3) is 2.70. The Bertz CT molecular complexity index is 74.8. The fraction of sp³-hybridized carbons (Fsp3) is 1.00. The molecule has 10 heavy (non-hydrogen) atoms. The Kier molecular flexibility index (Phi) is 5.62. The first kappa shape index (κ1) is 10.6. The van der Waals surface area contributed by atoms with Crippen molar-refractivity contribution in [2.45, 2.75) is 11.1 Å². The minimum absolute atomic E-state index is 0.175. The summed E-state index contributed by atoms with van der Waals surface area (Å²) >= 11 is 3.19. The number of aliphatic hydroxyl groups is 3. The van der Waals surface area contributed by atoms with Crippen molar-refractivity contribution in [2.24, 2.45) is 5.41 Å². The molecule has 0 aliphatic carbocycles. The molecule has 0 atom stereocenters. The zero-order valence-corrected chi connectivity index (χ0v) is 7.16. The van der Waals surface area contributed by atoms with E-state index in [-0.39, 0.29) is 19.8 Å². The fourth-order valence-corrected chi connectivity index (χ4v) is 1.33. The third-order valence-corrected chi connectivity index (χ3v) is 1.98. The van der Waals surface area contributed by atoms with Crippen molar-refractivity contribution in [3.63, 3.8) is 0 Å². The van der Waals surface area contributed by atoms with Gasteiger partial charge in [0.15, 0.2) is 0 Å². The van der Waals surface area contributed by atoms with Gasteiger partial charge in [0, 0.05) is 0 Å². The summed E-state index contributed by atoms with van der Waals surface area (Å²) in [6.07, 6.45) is 0.579. The molecule has 0 amide bonds. The maximum absolute atomic E-state index is 8.77. The number of hydrogen-bond acceptors (Lipinski definition) is 3. The molecule has 4 heteroatoms. The summed E-state index contributed by atoms with van der Waals surface area (Å²) in [5.41, 5.74) is -0.705. The van der Waals surface area contributed by atoms with E-state index < -0.39 is 5.41 Å². The summed E-state index contributed by atoms with van der Waals surface area (Å²) < 4.78 is 0.673. The van der Waals surface area contributed by atoms with Gasteiger partial charge in [-0.15, -0.1) is 0 Å². The van der Waals surface area contributed by atoms with Crippen LogP contribution in [0.3, 0.4) is 0 Å². The van der Waals surface area contributed by atoms with Crippen LogP contribution in [0.4, 0.5) is 0 Å². The Hall–Kier alpha value is 0.620. The molecule has 0 spiro atoms. The molecule has 3 N–H and O–H groups in total. The van der Waals surface area contributed by atoms with E-state index in [1.807, 2.05) is 0 Å². The van der Waals surface area contributed by atoms with E-state index in [4.69, 9.17) is 15.3 Å². The first-order valence-electron chi connectivity index (χ1n) is 3.08. The Morgan fingerprint density at radius 3 is 1.50 bits per heavy atom. The standard InChI is InChI=1S/C6H13O3.Ag/c1-2-6(3-7,4-8)5-9;/h7-9H,1-5H2;. The van der Waals surface area contributed by atoms with Crippen molar-refractivity contribution in [3.8, 4) is 0 Å². The van der Waals surface area contributed by atoms with Gasteiger partial charge in [0.1, 0.15) is 0 Å². The van der Waals surface area contributed by atoms with E-state index in [0.717, 1.165) is 0 Å². The van der Waals surface area contributed by atoms with E-state index >= 15 is 0 Å². The molecule has 0 aromatic carbocycles. The van der Waals surface area contributed by atoms with E-state index in [2.05, 4.69) is 21.1 Å². The van der Waals surface area contributed by atoms with Gasteiger partial charge in [0.2, 0.25) is 0 Å². The Morgan fingerprint density at radius 2 is 1.40 bits per heavy atom. The summed E-state index contributed by atoms with van der Waals surface area (Å²) in [6.45, 7) is -0.526. The van der Waals surface area contributed by atoms with Gasteiger partial charge in [-0.05, 0) is 0 Å². The zero-order valence-electron chi connectivity index (χ0n) is 5.68. The molecule has 0 saturated heterocycles. The third-order valence-electron chi connectivity index (χ3n) is 1.61. The van der Waals surface area contributed by atoms with E-state index in [1.165, 1.54) is 0 Å². The molecule has 0 aliphatic rings. The molecule has 3 nitrogen and oxygen atoms in total. The summed E-state index contributed by atoms with van der Waals surface area (Å²) in [7, 11) is 0. The van der Waals surface area contributed by atoms with Crippen LogP contribution in [0.2, 0.25) is 4.64 Å². The summed E-state index contributed by atoms with van der Waals surface area (Å²) in [5.74, 6) is 0. The second kappa shape index (κ2) is 5.29. The summed E-state index contributed by atoms with van der Waals surface area (Å²) in [6, 6.07) is 0. The Labute approximate surface area is 73.0 Å². The average Bonchev–Trinajstić information content (AvgIpc) is 2.01. The van der Waals surface area contributed by atoms with Crippen molar-refractivity contribution in [1.82, 2.24) is 0 Å². The predicted molar refractivity (Wildman–Crippen MR) is 33.1 cm³/mol. The van der Waals surface area contributed by atoms with Crippen LogP contribution >= 0.6 is 0 Å². The van der Waals surface area contributed by atoms with Crippen LogP contribution in [0.15, 0.2) is 0 Å². The number of aliphatic hydroxyl groups excluding tert-OH is 3. The Balaban J connectivity index is 3.87. The van der Waals surface area contributed by atoms with Gasteiger partial charge in [-0.25, -0.2) is 0 Å². The number of rotatable bonds is 5. The fourth-order valence-electron chi connectivity index (χ4n) is 0.547. The SMILES string of the molecule is OCC(CO)(CO)C[CH2][Ag]. The van der Waals surface area contributed by atoms with Crippen molar-refractivity contribution < 1.29 is 36.4 Å². The van der Waals surface area contributed by atoms with Crippen LogP contribution in [-0.2, 0) is 21.1 Å². The monoisotopic (exact) mass is 240 g/mol. The van der Waals surface area contributed by atoms with Crippen molar-refractivity contribution in [1.29, 1.82) is 0 Å². The first-order valence-corrected chi connectivity index (χ1v) is 4.12. The molecule has 0 aliphatic heterocycles. The van der Waals surface area contributed by atoms with E-state index in [0.29, 0.717) is 11.1 Å². The summed E-state index contributed by atoms with van der Waals surface area (Å²) in [4.78, 5) is 0. The van der Waals surface area contributed by atoms with Crippen molar-refractivity contribution >= 4 is 0 Å². The number of hydrogen-bond donors (Lipinski definition) is 3. The van der Waals surface area contributed by atoms with E-state index in [9.17, 15) is 0 Å². The molecule has 0 heterocycles. The minimum atomic E-state index is -0.705. The van der Waals surface area contributed by atoms with Crippen LogP contribution < -0.4 is 0 Å². The van der Waals surface area contributed by atoms with Crippen LogP contribution in [0.1, 0.15) is 6.42 Å². The molecular weight excluding hydrogens is 228 g/mol. The van der Waals surface area contributed by atoms with Gasteiger partial charge < -0.3 is 0 Å². The molecule has 0 rings (SSSR count). The van der Waals surface area contributed by atoms with Gasteiger partial charge in [0.05, 0.1) is 0 Å². The molecule has 66 valence electrons. The predicted octanol–water partition coefficient (Wildman–Crippen LogP) is -0.695. The topological polar surface area (TPSA) is 60.7 Å². The van der Waals surface area contributed by atoms with Gasteiger partial charge in [0.25, 0.3) is 0 Å². The average molecular weight is 241 g/mol. The Morgan fingerprint density at radius 1 is 1.00 bits per heavy atom. The van der Waals surface area contributed by atoms with Crippen LogP contribution in [0, 0.1) is 5.41 Å². The molecule has 0 radical (unpaired) electrons. The van der Waals surface area contributed by atoms with Gasteiger partial charge in [-0.1, -0.05) is 0 Å². The van der Waals surface area contributed by atoms with Crippen LogP contribution in [0.25, 0.3) is 0 Å².